The summed E-state index contributed by atoms with van der Waals surface area (Å²) in [6, 6.07) is 3.46. The minimum Gasteiger partial charge on any atom is -0.507 e. The van der Waals surface area contributed by atoms with E-state index in [4.69, 9.17) is 9.47 Å². The molecule has 2 aliphatic heterocycles. The number of esters is 1. The van der Waals surface area contributed by atoms with E-state index in [1.807, 2.05) is 0 Å². The molecule has 0 aliphatic carbocycles. The molecule has 42 heavy (non-hydrogen) atoms. The number of phenolic OH excluding ortho intramolecular Hbond substituents is 1. The quantitative estimate of drug-likeness (QED) is 0.0617. The lowest BCUT2D eigenvalue weighted by Gasteiger charge is -2.20. The number of hydrogen-bond donors (Lipinski definition) is 5. The zero-order valence-electron chi connectivity index (χ0n) is 23.1. The molecule has 0 aromatic heterocycles. The lowest BCUT2D eigenvalue weighted by atomic mass is 10.1. The van der Waals surface area contributed by atoms with Crippen LogP contribution >= 0.6 is 0 Å². The number of nitrogens with one attached hydrogen (secondary N) is 2. The first-order valence-corrected chi connectivity index (χ1v) is 13.9. The van der Waals surface area contributed by atoms with Crippen molar-refractivity contribution in [3.63, 3.8) is 0 Å². The lowest BCUT2D eigenvalue weighted by molar-refractivity contribution is -0.167. The highest BCUT2D eigenvalue weighted by Crippen LogP contribution is 2.21. The first-order valence-electron chi connectivity index (χ1n) is 13.9. The van der Waals surface area contributed by atoms with Gasteiger partial charge >= 0.3 is 5.97 Å². The number of ether oxygens (including phenoxy) is 2. The van der Waals surface area contributed by atoms with Gasteiger partial charge in [-0.05, 0) is 44.2 Å². The molecule has 1 aromatic carbocycles. The molecular formula is C27H37N5O10. The third-order valence-electron chi connectivity index (χ3n) is 6.76. The molecule has 230 valence electrons. The van der Waals surface area contributed by atoms with Gasteiger partial charge in [-0.3, -0.25) is 29.6 Å². The standard InChI is InChI=1S/C27H37N5O10/c33-17-31(39)13-6-1-2-10-20(29-24(36)21-16-42-25(30-21)18-8-3-4-11-22(18)34)27(38)41-15-12-23(35)28-19-9-5-7-14-32(40)26(19)37/h3-4,8,11,17,19-21,34,39-40H,1-2,5-7,9-10,12-16H2,(H,28,35)(H,29,36). The van der Waals surface area contributed by atoms with Gasteiger partial charge in [0, 0.05) is 13.1 Å². The summed E-state index contributed by atoms with van der Waals surface area (Å²) in [4.78, 5) is 65.1. The van der Waals surface area contributed by atoms with Gasteiger partial charge in [-0.2, -0.15) is 0 Å². The zero-order valence-corrected chi connectivity index (χ0v) is 23.1. The summed E-state index contributed by atoms with van der Waals surface area (Å²) in [5.74, 6) is -2.46. The summed E-state index contributed by atoms with van der Waals surface area (Å²) in [5.41, 5.74) is 0.326. The fourth-order valence-electron chi connectivity index (χ4n) is 4.45. The number of rotatable bonds is 15. The van der Waals surface area contributed by atoms with Crippen LogP contribution in [-0.4, -0.2) is 106 Å². The number of hydrogen-bond acceptors (Lipinski definition) is 11. The third kappa shape index (κ3) is 9.69. The Morgan fingerprint density at radius 3 is 2.76 bits per heavy atom. The molecule has 3 rings (SSSR count). The van der Waals surface area contributed by atoms with E-state index in [2.05, 4.69) is 15.6 Å². The number of phenols is 1. The van der Waals surface area contributed by atoms with Crippen LogP contribution in [0.2, 0.25) is 0 Å². The predicted octanol–water partition coefficient (Wildman–Crippen LogP) is 0.250. The summed E-state index contributed by atoms with van der Waals surface area (Å²) in [6.07, 6.45) is 3.32. The third-order valence-corrected chi connectivity index (χ3v) is 6.76. The van der Waals surface area contributed by atoms with Gasteiger partial charge in [0.2, 0.25) is 24.1 Å². The highest BCUT2D eigenvalue weighted by molar-refractivity contribution is 6.00. The van der Waals surface area contributed by atoms with Gasteiger partial charge in [-0.1, -0.05) is 25.0 Å². The van der Waals surface area contributed by atoms with E-state index in [-0.39, 0.29) is 57.2 Å². The number of aliphatic imine (C=N–C) groups is 1. The van der Waals surface area contributed by atoms with Gasteiger partial charge in [0.05, 0.1) is 12.0 Å². The van der Waals surface area contributed by atoms with Crippen molar-refractivity contribution in [1.82, 2.24) is 20.8 Å². The van der Waals surface area contributed by atoms with Gasteiger partial charge in [0.15, 0.2) is 6.04 Å². The Kier molecular flexibility index (Phi) is 12.5. The van der Waals surface area contributed by atoms with E-state index in [9.17, 15) is 39.5 Å². The van der Waals surface area contributed by atoms with E-state index < -0.39 is 41.8 Å². The maximum Gasteiger partial charge on any atom is 0.328 e. The summed E-state index contributed by atoms with van der Waals surface area (Å²) in [5, 5.41) is 35.2. The molecule has 5 N–H and O–H groups in total. The van der Waals surface area contributed by atoms with Crippen molar-refractivity contribution < 1.29 is 49.0 Å². The van der Waals surface area contributed by atoms with Gasteiger partial charge in [-0.15, -0.1) is 0 Å². The molecule has 0 radical (unpaired) electrons. The van der Waals surface area contributed by atoms with E-state index >= 15 is 0 Å². The largest absolute Gasteiger partial charge is 0.507 e. The van der Waals surface area contributed by atoms with Crippen molar-refractivity contribution >= 4 is 36.0 Å². The fraction of sp³-hybridized carbons (Fsp3) is 0.556. The van der Waals surface area contributed by atoms with Gasteiger partial charge in [-0.25, -0.2) is 19.9 Å². The molecular weight excluding hydrogens is 554 g/mol. The van der Waals surface area contributed by atoms with Crippen molar-refractivity contribution in [2.75, 3.05) is 26.3 Å². The summed E-state index contributed by atoms with van der Waals surface area (Å²) in [7, 11) is 0. The number of benzene rings is 1. The topological polar surface area (TPSA) is 207 Å². The average molecular weight is 592 g/mol. The first kappa shape index (κ1) is 32.3. The Bertz CT molecular complexity index is 1150. The average Bonchev–Trinajstić information content (AvgIpc) is 3.41. The van der Waals surface area contributed by atoms with Crippen molar-refractivity contribution in [2.45, 2.75) is 69.5 Å². The molecule has 3 unspecified atom stereocenters. The number of unbranched alkanes of at least 4 members (excludes halogenated alkanes) is 2. The number of amides is 4. The Balaban J connectivity index is 1.54. The van der Waals surface area contributed by atoms with Crippen LogP contribution in [0.1, 0.15) is 56.9 Å². The van der Waals surface area contributed by atoms with E-state index in [1.54, 1.807) is 18.2 Å². The van der Waals surface area contributed by atoms with Crippen LogP contribution in [-0.2, 0) is 33.4 Å². The molecule has 0 spiro atoms. The van der Waals surface area contributed by atoms with Gasteiger partial charge < -0.3 is 25.2 Å². The van der Waals surface area contributed by atoms with E-state index in [0.29, 0.717) is 54.2 Å². The monoisotopic (exact) mass is 591 g/mol. The molecule has 0 saturated carbocycles. The minimum absolute atomic E-state index is 0.0593. The van der Waals surface area contributed by atoms with Gasteiger partial charge in [0.1, 0.15) is 31.0 Å². The van der Waals surface area contributed by atoms with Crippen LogP contribution in [0.4, 0.5) is 0 Å². The number of aromatic hydroxyl groups is 1. The summed E-state index contributed by atoms with van der Waals surface area (Å²) >= 11 is 0. The van der Waals surface area contributed by atoms with Crippen molar-refractivity contribution in [3.05, 3.63) is 29.8 Å². The van der Waals surface area contributed by atoms with Gasteiger partial charge in [0.25, 0.3) is 5.91 Å². The SMILES string of the molecule is O=CN(O)CCCCCC(NC(=O)C1COC(c2ccccc2O)=N1)C(=O)OCCC(=O)NC1CCCCN(O)C1=O. The van der Waals surface area contributed by atoms with Crippen LogP contribution in [0.3, 0.4) is 0 Å². The summed E-state index contributed by atoms with van der Waals surface area (Å²) < 4.78 is 10.8. The molecule has 15 heteroatoms. The highest BCUT2D eigenvalue weighted by Gasteiger charge is 2.32. The highest BCUT2D eigenvalue weighted by atomic mass is 16.5. The van der Waals surface area contributed by atoms with Crippen molar-refractivity contribution in [1.29, 1.82) is 0 Å². The number of carbonyl (C=O) groups is 5. The number of nitrogens with zero attached hydrogens (tertiary/aromatic N) is 3. The molecule has 4 amide bonds. The minimum atomic E-state index is -1.08. The molecule has 2 aliphatic rings. The smallest absolute Gasteiger partial charge is 0.328 e. The Morgan fingerprint density at radius 2 is 2.00 bits per heavy atom. The summed E-state index contributed by atoms with van der Waals surface area (Å²) in [6.45, 7) is -0.0944. The maximum absolute atomic E-state index is 13.0. The van der Waals surface area contributed by atoms with E-state index in [0.717, 1.165) is 0 Å². The number of carbonyl (C=O) groups excluding carboxylic acids is 5. The van der Waals surface area contributed by atoms with Crippen molar-refractivity contribution in [3.8, 4) is 5.75 Å². The molecule has 2 heterocycles. The van der Waals surface area contributed by atoms with Crippen molar-refractivity contribution in [2.24, 2.45) is 4.99 Å². The zero-order chi connectivity index (χ0) is 30.5. The molecule has 1 saturated heterocycles. The van der Waals surface area contributed by atoms with E-state index in [1.165, 1.54) is 6.07 Å². The van der Waals surface area contributed by atoms with Crippen LogP contribution in [0, 0.1) is 0 Å². The predicted molar refractivity (Wildman–Crippen MR) is 144 cm³/mol. The molecule has 3 atom stereocenters. The molecule has 0 bridgehead atoms. The fourth-order valence-corrected chi connectivity index (χ4v) is 4.45. The Hall–Kier alpha value is -4.24. The second-order valence-electron chi connectivity index (χ2n) is 9.95. The lowest BCUT2D eigenvalue weighted by Crippen LogP contribution is -2.47. The van der Waals surface area contributed by atoms with Crippen LogP contribution in [0.25, 0.3) is 0 Å². The van der Waals surface area contributed by atoms with Crippen LogP contribution in [0.15, 0.2) is 29.3 Å². The number of para-hydroxylation sites is 1. The number of hydroxylamine groups is 4. The first-order chi connectivity index (χ1) is 20.2. The normalized spacial score (nSPS) is 19.1. The molecule has 15 nitrogen and oxygen atoms in total. The second kappa shape index (κ2) is 16.3. The molecule has 1 aromatic rings. The van der Waals surface area contributed by atoms with Crippen LogP contribution < -0.4 is 10.6 Å². The molecule has 1 fully saturated rings. The Labute approximate surface area is 242 Å². The maximum atomic E-state index is 13.0. The Morgan fingerprint density at radius 1 is 1.21 bits per heavy atom. The second-order valence-corrected chi connectivity index (χ2v) is 9.95. The van der Waals surface area contributed by atoms with Crippen LogP contribution in [0.5, 0.6) is 5.75 Å².